The van der Waals surface area contributed by atoms with E-state index in [2.05, 4.69) is 0 Å². The lowest BCUT2D eigenvalue weighted by Gasteiger charge is -2.41. The number of hydrogen-bond donors (Lipinski definition) is 1. The second-order valence-corrected chi connectivity index (χ2v) is 6.62. The first kappa shape index (κ1) is 27.0. The van der Waals surface area contributed by atoms with Crippen LogP contribution >= 0.6 is 0 Å². The summed E-state index contributed by atoms with van der Waals surface area (Å²) < 4.78 is 182. The summed E-state index contributed by atoms with van der Waals surface area (Å²) in [4.78, 5) is 0. The van der Waals surface area contributed by atoms with Crippen molar-refractivity contribution in [2.45, 2.75) is 74.7 Å². The SMILES string of the molecule is CC(C)CCCC([NH3+])(F)C(F)(F)C(F)(F)C(F)(F)C(F)(F)C(F)(F)C(F)(F)F. The predicted molar refractivity (Wildman–Crippen MR) is 66.2 cm³/mol. The highest BCUT2D eigenvalue weighted by Gasteiger charge is 2.93. The molecule has 0 rings (SSSR count). The summed E-state index contributed by atoms with van der Waals surface area (Å²) in [6.45, 7) is 2.92. The topological polar surface area (TPSA) is 27.6 Å². The molecule has 0 aliphatic rings. The number of quaternary nitrogens is 1. The fourth-order valence-electron chi connectivity index (χ4n) is 2.00. The summed E-state index contributed by atoms with van der Waals surface area (Å²) in [5, 5.41) is 0. The van der Waals surface area contributed by atoms with Crippen LogP contribution in [0.25, 0.3) is 0 Å². The lowest BCUT2D eigenvalue weighted by atomic mass is 9.87. The van der Waals surface area contributed by atoms with Gasteiger partial charge in [-0.2, -0.15) is 61.5 Å². The van der Waals surface area contributed by atoms with Gasteiger partial charge in [-0.15, -0.1) is 0 Å². The normalized spacial score (nSPS) is 17.8. The van der Waals surface area contributed by atoms with Crippen LogP contribution in [0.1, 0.15) is 33.1 Å². The van der Waals surface area contributed by atoms with Gasteiger partial charge in [0.2, 0.25) is 0 Å². The lowest BCUT2D eigenvalue weighted by Crippen LogP contribution is -2.84. The minimum atomic E-state index is -8.04. The molecule has 0 bridgehead atoms. The van der Waals surface area contributed by atoms with E-state index in [0.29, 0.717) is 0 Å². The van der Waals surface area contributed by atoms with Crippen molar-refractivity contribution in [3.8, 4) is 0 Å². The molecule has 0 aromatic heterocycles. The summed E-state index contributed by atoms with van der Waals surface area (Å²) in [6, 6.07) is 0. The Morgan fingerprint density at radius 3 is 1.21 bits per heavy atom. The highest BCUT2D eigenvalue weighted by Crippen LogP contribution is 2.61. The summed E-state index contributed by atoms with van der Waals surface area (Å²) >= 11 is 0. The Kier molecular flexibility index (Phi) is 7.08. The van der Waals surface area contributed by atoms with Gasteiger partial charge in [0, 0.05) is 6.42 Å². The lowest BCUT2D eigenvalue weighted by molar-refractivity contribution is -0.592. The quantitative estimate of drug-likeness (QED) is 0.356. The highest BCUT2D eigenvalue weighted by atomic mass is 19.4. The molecule has 0 saturated carbocycles. The van der Waals surface area contributed by atoms with Crippen molar-refractivity contribution in [3.05, 3.63) is 0 Å². The monoisotopic (exact) mass is 452 g/mol. The van der Waals surface area contributed by atoms with E-state index < -0.39 is 54.4 Å². The Morgan fingerprint density at radius 2 is 0.893 bits per heavy atom. The predicted octanol–water partition coefficient (Wildman–Crippen LogP) is 5.46. The highest BCUT2D eigenvalue weighted by molar-refractivity contribution is 5.12. The standard InChI is InChI=1S/C13H15F14N/c1-6(2)4-3-5-7(14,28)8(15,16)9(17,18)10(19,20)11(21,22)12(23,24)13(25,26)27/h6H,3-5,28H2,1-2H3/p+1. The molecule has 0 aromatic rings. The van der Waals surface area contributed by atoms with Crippen molar-refractivity contribution < 1.29 is 67.2 Å². The fraction of sp³-hybridized carbons (Fsp3) is 1.00. The number of halogens is 14. The Morgan fingerprint density at radius 1 is 0.571 bits per heavy atom. The zero-order valence-corrected chi connectivity index (χ0v) is 14.2. The van der Waals surface area contributed by atoms with Crippen molar-refractivity contribution in [3.63, 3.8) is 0 Å². The Labute approximate surface area is 149 Å². The number of rotatable bonds is 9. The molecule has 3 N–H and O–H groups in total. The summed E-state index contributed by atoms with van der Waals surface area (Å²) in [7, 11) is 0. The third-order valence-corrected chi connectivity index (χ3v) is 3.85. The van der Waals surface area contributed by atoms with E-state index in [9.17, 15) is 61.5 Å². The molecule has 0 heterocycles. The Balaban J connectivity index is 6.17. The molecule has 0 aromatic carbocycles. The van der Waals surface area contributed by atoms with E-state index in [4.69, 9.17) is 0 Å². The van der Waals surface area contributed by atoms with Crippen LogP contribution in [-0.2, 0) is 0 Å². The van der Waals surface area contributed by atoms with Crippen LogP contribution in [0.2, 0.25) is 0 Å². The van der Waals surface area contributed by atoms with E-state index in [1.165, 1.54) is 13.8 Å². The van der Waals surface area contributed by atoms with Gasteiger partial charge in [0.25, 0.3) is 0 Å². The van der Waals surface area contributed by atoms with Gasteiger partial charge in [0.05, 0.1) is 0 Å². The molecule has 170 valence electrons. The summed E-state index contributed by atoms with van der Waals surface area (Å²) in [5.74, 6) is -43.6. The molecule has 0 aliphatic heterocycles. The van der Waals surface area contributed by atoms with Crippen LogP contribution in [0.3, 0.4) is 0 Å². The molecular formula is C13H16F14N+. The van der Waals surface area contributed by atoms with Crippen molar-refractivity contribution >= 4 is 0 Å². The smallest absolute Gasteiger partial charge is 0.321 e. The van der Waals surface area contributed by atoms with Crippen LogP contribution in [0, 0.1) is 5.92 Å². The second kappa shape index (κ2) is 7.35. The van der Waals surface area contributed by atoms with Gasteiger partial charge in [0.15, 0.2) is 0 Å². The first-order valence-electron chi connectivity index (χ1n) is 7.42. The molecule has 28 heavy (non-hydrogen) atoms. The number of alkyl halides is 14. The molecule has 0 radical (unpaired) electrons. The van der Waals surface area contributed by atoms with Gasteiger partial charge in [-0.3, -0.25) is 0 Å². The van der Waals surface area contributed by atoms with Gasteiger partial charge in [-0.05, 0) is 12.3 Å². The van der Waals surface area contributed by atoms with Crippen molar-refractivity contribution in [2.75, 3.05) is 0 Å². The minimum Gasteiger partial charge on any atom is -0.321 e. The zero-order chi connectivity index (χ0) is 23.2. The molecule has 1 atom stereocenters. The van der Waals surface area contributed by atoms with Gasteiger partial charge >= 0.3 is 41.6 Å². The van der Waals surface area contributed by atoms with E-state index >= 15 is 0 Å². The zero-order valence-electron chi connectivity index (χ0n) is 14.2. The maximum atomic E-state index is 13.9. The van der Waals surface area contributed by atoms with Crippen LogP contribution in [0.5, 0.6) is 0 Å². The molecule has 0 amide bonds. The molecule has 0 aliphatic carbocycles. The fourth-order valence-corrected chi connectivity index (χ4v) is 2.00. The largest absolute Gasteiger partial charge is 0.460 e. The summed E-state index contributed by atoms with van der Waals surface area (Å²) in [5.41, 5.74) is 1.93. The Bertz CT molecular complexity index is 534. The van der Waals surface area contributed by atoms with Crippen LogP contribution < -0.4 is 5.73 Å². The molecule has 0 fully saturated rings. The average Bonchev–Trinajstić information content (AvgIpc) is 2.44. The summed E-state index contributed by atoms with van der Waals surface area (Å²) in [6.07, 6.45) is -9.99. The van der Waals surface area contributed by atoms with Crippen molar-refractivity contribution in [1.29, 1.82) is 0 Å². The van der Waals surface area contributed by atoms with Crippen molar-refractivity contribution in [1.82, 2.24) is 0 Å². The minimum absolute atomic E-state index is 0.123. The van der Waals surface area contributed by atoms with E-state index in [-0.39, 0.29) is 12.3 Å². The van der Waals surface area contributed by atoms with Crippen LogP contribution in [0.15, 0.2) is 0 Å². The Hall–Kier alpha value is -1.02. The molecule has 0 saturated heterocycles. The van der Waals surface area contributed by atoms with Gasteiger partial charge in [-0.1, -0.05) is 20.3 Å². The van der Waals surface area contributed by atoms with E-state index in [0.717, 1.165) is 0 Å². The average molecular weight is 452 g/mol. The van der Waals surface area contributed by atoms with Crippen LogP contribution in [0.4, 0.5) is 61.5 Å². The molecule has 15 heteroatoms. The first-order chi connectivity index (χ1) is 11.9. The second-order valence-electron chi connectivity index (χ2n) is 6.62. The maximum Gasteiger partial charge on any atom is 0.460 e. The third kappa shape index (κ3) is 3.99. The molecule has 1 unspecified atom stereocenters. The van der Waals surface area contributed by atoms with Gasteiger partial charge in [0.1, 0.15) is 0 Å². The molecule has 0 spiro atoms. The van der Waals surface area contributed by atoms with E-state index in [1.807, 2.05) is 5.73 Å². The third-order valence-electron chi connectivity index (χ3n) is 3.85. The van der Waals surface area contributed by atoms with Gasteiger partial charge < -0.3 is 5.73 Å². The molecule has 1 nitrogen and oxygen atoms in total. The van der Waals surface area contributed by atoms with E-state index in [1.54, 1.807) is 0 Å². The molecular weight excluding hydrogens is 436 g/mol. The van der Waals surface area contributed by atoms with Crippen LogP contribution in [-0.4, -0.2) is 41.6 Å². The number of hydrogen-bond acceptors (Lipinski definition) is 0. The first-order valence-corrected chi connectivity index (χ1v) is 7.42. The maximum absolute atomic E-state index is 13.9. The van der Waals surface area contributed by atoms with Gasteiger partial charge in [-0.25, -0.2) is 0 Å². The van der Waals surface area contributed by atoms with Crippen molar-refractivity contribution in [2.24, 2.45) is 5.92 Å².